The first-order valence-electron chi connectivity index (χ1n) is 7.88. The van der Waals surface area contributed by atoms with Crippen LogP contribution in [0.3, 0.4) is 0 Å². The highest BCUT2D eigenvalue weighted by molar-refractivity contribution is 14.0. The topological polar surface area (TPSA) is 102 Å². The van der Waals surface area contributed by atoms with Gasteiger partial charge in [0.05, 0.1) is 18.2 Å². The van der Waals surface area contributed by atoms with Crippen molar-refractivity contribution in [2.24, 2.45) is 16.1 Å². The fourth-order valence-corrected chi connectivity index (χ4v) is 1.64. The Morgan fingerprint density at radius 1 is 1.42 bits per heavy atom. The van der Waals surface area contributed by atoms with Crippen LogP contribution in [-0.2, 0) is 16.1 Å². The van der Waals surface area contributed by atoms with Gasteiger partial charge in [0.2, 0.25) is 5.91 Å². The van der Waals surface area contributed by atoms with Gasteiger partial charge in [0.1, 0.15) is 12.4 Å². The van der Waals surface area contributed by atoms with Crippen molar-refractivity contribution in [3.8, 4) is 0 Å². The highest BCUT2D eigenvalue weighted by Gasteiger charge is 2.24. The largest absolute Gasteiger partial charge is 0.467 e. The van der Waals surface area contributed by atoms with Crippen molar-refractivity contribution in [1.82, 2.24) is 10.6 Å². The maximum absolute atomic E-state index is 11.3. The van der Waals surface area contributed by atoms with E-state index < -0.39 is 5.41 Å². The van der Waals surface area contributed by atoms with E-state index in [-0.39, 0.29) is 29.9 Å². The van der Waals surface area contributed by atoms with Gasteiger partial charge in [0.25, 0.3) is 0 Å². The molecular weight excluding hydrogens is 423 g/mol. The molecule has 7 nitrogen and oxygen atoms in total. The van der Waals surface area contributed by atoms with Crippen molar-refractivity contribution in [2.45, 2.75) is 33.8 Å². The molecule has 0 atom stereocenters. The van der Waals surface area contributed by atoms with Crippen molar-refractivity contribution in [1.29, 1.82) is 0 Å². The van der Waals surface area contributed by atoms with Crippen LogP contribution in [0.15, 0.2) is 27.8 Å². The van der Waals surface area contributed by atoms with Crippen molar-refractivity contribution >= 4 is 35.8 Å². The minimum absolute atomic E-state index is 0. The molecule has 0 saturated heterocycles. The average Bonchev–Trinajstić information content (AvgIpc) is 3.01. The minimum Gasteiger partial charge on any atom is -0.467 e. The third-order valence-corrected chi connectivity index (χ3v) is 3.23. The van der Waals surface area contributed by atoms with Gasteiger partial charge >= 0.3 is 0 Å². The van der Waals surface area contributed by atoms with Crippen molar-refractivity contribution in [3.63, 3.8) is 0 Å². The number of halogens is 1. The van der Waals surface area contributed by atoms with E-state index >= 15 is 0 Å². The number of hydrogen-bond acceptors (Lipinski definition) is 4. The number of guanidine groups is 1. The smallest absolute Gasteiger partial charge is 0.224 e. The second-order valence-corrected chi connectivity index (χ2v) is 5.86. The lowest BCUT2D eigenvalue weighted by Gasteiger charge is -2.19. The Bertz CT molecular complexity index is 490. The fraction of sp³-hybridized carbons (Fsp3) is 0.625. The standard InChI is InChI=1S/C16H28N4O3.HI/c1-4-18-15(20-12-16(2,3)14(17)21)19-8-6-9-22-11-13-7-5-10-23-13;/h5,7,10H,4,6,8-9,11-12H2,1-3H3,(H2,17,21)(H2,18,19,20);1H. The molecule has 1 heterocycles. The van der Waals surface area contributed by atoms with Gasteiger partial charge in [0, 0.05) is 19.7 Å². The zero-order chi connectivity index (χ0) is 17.1. The number of carbonyl (C=O) groups excluding carboxylic acids is 1. The Hall–Kier alpha value is -1.29. The highest BCUT2D eigenvalue weighted by atomic mass is 127. The van der Waals surface area contributed by atoms with E-state index in [0.29, 0.717) is 25.7 Å². The van der Waals surface area contributed by atoms with Gasteiger partial charge < -0.3 is 25.5 Å². The molecule has 0 aliphatic carbocycles. The number of aliphatic imine (C=N–C) groups is 1. The van der Waals surface area contributed by atoms with Crippen LogP contribution in [0, 0.1) is 5.41 Å². The molecule has 24 heavy (non-hydrogen) atoms. The summed E-state index contributed by atoms with van der Waals surface area (Å²) in [5, 5.41) is 6.35. The third-order valence-electron chi connectivity index (χ3n) is 3.23. The molecule has 0 aliphatic rings. The number of ether oxygens (including phenoxy) is 1. The van der Waals surface area contributed by atoms with E-state index in [1.807, 2.05) is 19.1 Å². The summed E-state index contributed by atoms with van der Waals surface area (Å²) in [6.45, 7) is 8.47. The molecule has 0 aliphatic heterocycles. The van der Waals surface area contributed by atoms with Crippen LogP contribution in [0.4, 0.5) is 0 Å². The maximum atomic E-state index is 11.3. The molecule has 0 radical (unpaired) electrons. The predicted molar refractivity (Wildman–Crippen MR) is 105 cm³/mol. The van der Waals surface area contributed by atoms with Crippen molar-refractivity contribution in [2.75, 3.05) is 26.2 Å². The van der Waals surface area contributed by atoms with Gasteiger partial charge in [-0.2, -0.15) is 0 Å². The van der Waals surface area contributed by atoms with Gasteiger partial charge in [-0.05, 0) is 39.3 Å². The normalized spacial score (nSPS) is 11.7. The zero-order valence-electron chi connectivity index (χ0n) is 14.6. The van der Waals surface area contributed by atoms with Crippen LogP contribution >= 0.6 is 24.0 Å². The summed E-state index contributed by atoms with van der Waals surface area (Å²) in [5.41, 5.74) is 4.69. The summed E-state index contributed by atoms with van der Waals surface area (Å²) in [4.78, 5) is 15.7. The first-order chi connectivity index (χ1) is 11.0. The molecule has 4 N–H and O–H groups in total. The summed E-state index contributed by atoms with van der Waals surface area (Å²) in [6.07, 6.45) is 2.47. The SMILES string of the molecule is CCNC(=NCC(C)(C)C(N)=O)NCCCOCc1ccco1.I. The summed E-state index contributed by atoms with van der Waals surface area (Å²) in [5.74, 6) is 1.14. The molecular formula is C16H29IN4O3. The Kier molecular flexibility index (Phi) is 11.5. The van der Waals surface area contributed by atoms with Crippen LogP contribution in [0.2, 0.25) is 0 Å². The molecule has 1 aromatic rings. The first kappa shape index (κ1) is 22.7. The Morgan fingerprint density at radius 2 is 2.17 bits per heavy atom. The van der Waals surface area contributed by atoms with E-state index in [0.717, 1.165) is 25.3 Å². The molecule has 0 spiro atoms. The second-order valence-electron chi connectivity index (χ2n) is 5.86. The quantitative estimate of drug-likeness (QED) is 0.218. The summed E-state index contributed by atoms with van der Waals surface area (Å²) in [6, 6.07) is 3.72. The molecule has 0 aromatic carbocycles. The van der Waals surface area contributed by atoms with Gasteiger partial charge in [-0.1, -0.05) is 0 Å². The first-order valence-corrected chi connectivity index (χ1v) is 7.88. The molecule has 138 valence electrons. The zero-order valence-corrected chi connectivity index (χ0v) is 17.0. The number of amides is 1. The number of nitrogens with one attached hydrogen (secondary N) is 2. The maximum Gasteiger partial charge on any atom is 0.224 e. The molecule has 0 bridgehead atoms. The molecule has 0 unspecified atom stereocenters. The second kappa shape index (κ2) is 12.1. The molecule has 1 rings (SSSR count). The lowest BCUT2D eigenvalue weighted by molar-refractivity contribution is -0.125. The van der Waals surface area contributed by atoms with Gasteiger partial charge in [-0.3, -0.25) is 9.79 Å². The molecule has 0 saturated carbocycles. The summed E-state index contributed by atoms with van der Waals surface area (Å²) in [7, 11) is 0. The predicted octanol–water partition coefficient (Wildman–Crippen LogP) is 1.87. The summed E-state index contributed by atoms with van der Waals surface area (Å²) >= 11 is 0. The molecule has 1 aromatic heterocycles. The number of hydrogen-bond donors (Lipinski definition) is 3. The Morgan fingerprint density at radius 3 is 2.75 bits per heavy atom. The van der Waals surface area contributed by atoms with E-state index in [4.69, 9.17) is 14.9 Å². The average molecular weight is 452 g/mol. The third kappa shape index (κ3) is 9.11. The number of carbonyl (C=O) groups is 1. The number of furan rings is 1. The van der Waals surface area contributed by atoms with E-state index in [1.165, 1.54) is 0 Å². The van der Waals surface area contributed by atoms with Crippen LogP contribution in [-0.4, -0.2) is 38.1 Å². The monoisotopic (exact) mass is 452 g/mol. The molecule has 8 heteroatoms. The molecule has 0 fully saturated rings. The molecule has 1 amide bonds. The Labute approximate surface area is 160 Å². The number of primary amides is 1. The van der Waals surface area contributed by atoms with Gasteiger partial charge in [-0.25, -0.2) is 0 Å². The van der Waals surface area contributed by atoms with Gasteiger partial charge in [-0.15, -0.1) is 24.0 Å². The van der Waals surface area contributed by atoms with Crippen LogP contribution in [0.5, 0.6) is 0 Å². The minimum atomic E-state index is -0.658. The van der Waals surface area contributed by atoms with E-state index in [2.05, 4.69) is 15.6 Å². The number of nitrogens with zero attached hydrogens (tertiary/aromatic N) is 1. The Balaban J connectivity index is 0.00000529. The van der Waals surface area contributed by atoms with Crippen LogP contribution in [0.1, 0.15) is 33.0 Å². The van der Waals surface area contributed by atoms with Crippen molar-refractivity contribution in [3.05, 3.63) is 24.2 Å². The fourth-order valence-electron chi connectivity index (χ4n) is 1.64. The highest BCUT2D eigenvalue weighted by Crippen LogP contribution is 2.13. The van der Waals surface area contributed by atoms with Crippen LogP contribution in [0.25, 0.3) is 0 Å². The van der Waals surface area contributed by atoms with E-state index in [1.54, 1.807) is 20.1 Å². The van der Waals surface area contributed by atoms with Gasteiger partial charge in [0.15, 0.2) is 5.96 Å². The lowest BCUT2D eigenvalue weighted by atomic mass is 9.93. The number of nitrogens with two attached hydrogens (primary N) is 1. The van der Waals surface area contributed by atoms with Crippen molar-refractivity contribution < 1.29 is 13.9 Å². The number of rotatable bonds is 10. The van der Waals surface area contributed by atoms with Crippen LogP contribution < -0.4 is 16.4 Å². The summed E-state index contributed by atoms with van der Waals surface area (Å²) < 4.78 is 10.7. The lowest BCUT2D eigenvalue weighted by Crippen LogP contribution is -2.40. The van der Waals surface area contributed by atoms with E-state index in [9.17, 15) is 4.79 Å².